The molecule has 0 aromatic heterocycles. The minimum atomic E-state index is -0.477. The number of amides is 1. The molecule has 0 spiro atoms. The van der Waals surface area contributed by atoms with Gasteiger partial charge in [-0.15, -0.1) is 0 Å². The largest absolute Gasteiger partial charge is 0.508 e. The first kappa shape index (κ1) is 18.1. The lowest BCUT2D eigenvalue weighted by molar-refractivity contribution is -0.112. The average Bonchev–Trinajstić information content (AvgIpc) is 2.63. The lowest BCUT2D eigenvalue weighted by atomic mass is 10.1. The molecule has 2 aromatic carbocycles. The number of aryl methyl sites for hydroxylation is 1. The Morgan fingerprint density at radius 3 is 2.36 bits per heavy atom. The monoisotopic (exact) mass is 335 g/mol. The van der Waals surface area contributed by atoms with E-state index in [0.29, 0.717) is 11.4 Å². The molecule has 5 heteroatoms. The lowest BCUT2D eigenvalue weighted by Gasteiger charge is -2.07. The maximum atomic E-state index is 12.2. The summed E-state index contributed by atoms with van der Waals surface area (Å²) in [6.07, 6.45) is 4.64. The highest BCUT2D eigenvalue weighted by Gasteiger charge is 2.09. The quantitative estimate of drug-likeness (QED) is 0.402. The maximum Gasteiger partial charge on any atom is 0.267 e. The van der Waals surface area contributed by atoms with E-state index in [4.69, 9.17) is 0 Å². The van der Waals surface area contributed by atoms with E-state index in [1.165, 1.54) is 23.9 Å². The molecule has 128 valence electrons. The molecule has 0 radical (unpaired) electrons. The zero-order valence-electron chi connectivity index (χ0n) is 14.1. The average molecular weight is 335 g/mol. The molecule has 5 nitrogen and oxygen atoms in total. The number of benzene rings is 2. The number of hydrogen-bond acceptors (Lipinski definition) is 4. The van der Waals surface area contributed by atoms with Gasteiger partial charge in [0.05, 0.1) is 0 Å². The SMILES string of the molecule is CCCCc1ccc(NC(=O)/C(C#N)=C\Nc2ccc(O)cc2)cc1. The second-order valence-electron chi connectivity index (χ2n) is 5.62. The molecule has 1 amide bonds. The molecule has 0 unspecified atom stereocenters. The van der Waals surface area contributed by atoms with Crippen molar-refractivity contribution in [1.29, 1.82) is 5.26 Å². The highest BCUT2D eigenvalue weighted by atomic mass is 16.3. The fourth-order valence-corrected chi connectivity index (χ4v) is 2.20. The van der Waals surface area contributed by atoms with Gasteiger partial charge in [-0.25, -0.2) is 0 Å². The number of carbonyl (C=O) groups excluding carboxylic acids is 1. The third-order valence-corrected chi connectivity index (χ3v) is 3.65. The van der Waals surface area contributed by atoms with Crippen LogP contribution in [-0.2, 0) is 11.2 Å². The molecule has 2 aromatic rings. The second-order valence-corrected chi connectivity index (χ2v) is 5.62. The van der Waals surface area contributed by atoms with E-state index in [1.54, 1.807) is 12.1 Å². The van der Waals surface area contributed by atoms with Crippen LogP contribution in [0.4, 0.5) is 11.4 Å². The van der Waals surface area contributed by atoms with Gasteiger partial charge in [0.15, 0.2) is 0 Å². The van der Waals surface area contributed by atoms with E-state index in [1.807, 2.05) is 30.3 Å². The number of anilines is 2. The van der Waals surface area contributed by atoms with Gasteiger partial charge in [-0.2, -0.15) is 5.26 Å². The Morgan fingerprint density at radius 1 is 1.12 bits per heavy atom. The third-order valence-electron chi connectivity index (χ3n) is 3.65. The van der Waals surface area contributed by atoms with Gasteiger partial charge in [0.25, 0.3) is 5.91 Å². The van der Waals surface area contributed by atoms with E-state index >= 15 is 0 Å². The smallest absolute Gasteiger partial charge is 0.267 e. The molecule has 0 aliphatic heterocycles. The molecule has 0 saturated heterocycles. The highest BCUT2D eigenvalue weighted by molar-refractivity contribution is 6.06. The van der Waals surface area contributed by atoms with E-state index in [-0.39, 0.29) is 11.3 Å². The number of rotatable bonds is 7. The van der Waals surface area contributed by atoms with Crippen molar-refractivity contribution in [2.24, 2.45) is 0 Å². The van der Waals surface area contributed by atoms with Crippen molar-refractivity contribution in [1.82, 2.24) is 0 Å². The van der Waals surface area contributed by atoms with E-state index < -0.39 is 5.91 Å². The zero-order chi connectivity index (χ0) is 18.1. The van der Waals surface area contributed by atoms with Gasteiger partial charge in [0.1, 0.15) is 17.4 Å². The molecular weight excluding hydrogens is 314 g/mol. The van der Waals surface area contributed by atoms with Crippen LogP contribution in [0, 0.1) is 11.3 Å². The van der Waals surface area contributed by atoms with Crippen LogP contribution in [0.5, 0.6) is 5.75 Å². The molecule has 0 heterocycles. The van der Waals surface area contributed by atoms with Crippen molar-refractivity contribution < 1.29 is 9.90 Å². The first-order valence-electron chi connectivity index (χ1n) is 8.18. The Balaban J connectivity index is 1.98. The number of nitrogens with one attached hydrogen (secondary N) is 2. The van der Waals surface area contributed by atoms with Crippen LogP contribution in [0.2, 0.25) is 0 Å². The number of nitrogens with zero attached hydrogens (tertiary/aromatic N) is 1. The Kier molecular flexibility index (Phi) is 6.61. The highest BCUT2D eigenvalue weighted by Crippen LogP contribution is 2.15. The minimum Gasteiger partial charge on any atom is -0.508 e. The molecule has 0 atom stereocenters. The lowest BCUT2D eigenvalue weighted by Crippen LogP contribution is -2.14. The predicted molar refractivity (Wildman–Crippen MR) is 99.1 cm³/mol. The van der Waals surface area contributed by atoms with Crippen molar-refractivity contribution in [3.63, 3.8) is 0 Å². The number of phenolic OH excluding ortho intramolecular Hbond substituents is 1. The van der Waals surface area contributed by atoms with Crippen molar-refractivity contribution >= 4 is 17.3 Å². The number of hydrogen-bond donors (Lipinski definition) is 3. The predicted octanol–water partition coefficient (Wildman–Crippen LogP) is 4.19. The summed E-state index contributed by atoms with van der Waals surface area (Å²) in [7, 11) is 0. The Bertz CT molecular complexity index is 772. The van der Waals surface area contributed by atoms with Gasteiger partial charge in [0, 0.05) is 17.6 Å². The number of aromatic hydroxyl groups is 1. The Morgan fingerprint density at radius 2 is 1.76 bits per heavy atom. The van der Waals surface area contributed by atoms with Crippen LogP contribution in [0.15, 0.2) is 60.3 Å². The minimum absolute atomic E-state index is 0.0388. The summed E-state index contributed by atoms with van der Waals surface area (Å²) in [6.45, 7) is 2.15. The number of phenols is 1. The standard InChI is InChI=1S/C20H21N3O2/c1-2-3-4-15-5-7-18(8-6-15)23-20(25)16(13-21)14-22-17-9-11-19(24)12-10-17/h5-12,14,22,24H,2-4H2,1H3,(H,23,25)/b16-14-. The zero-order valence-corrected chi connectivity index (χ0v) is 14.1. The van der Waals surface area contributed by atoms with E-state index in [2.05, 4.69) is 17.6 Å². The summed E-state index contributed by atoms with van der Waals surface area (Å²) in [5, 5.41) is 24.0. The fraction of sp³-hybridized carbons (Fsp3) is 0.200. The van der Waals surface area contributed by atoms with Crippen molar-refractivity contribution in [2.75, 3.05) is 10.6 Å². The second kappa shape index (κ2) is 9.14. The summed E-state index contributed by atoms with van der Waals surface area (Å²) < 4.78 is 0. The topological polar surface area (TPSA) is 85.2 Å². The molecule has 0 saturated carbocycles. The van der Waals surface area contributed by atoms with Crippen LogP contribution in [0.25, 0.3) is 0 Å². The molecule has 0 aliphatic carbocycles. The van der Waals surface area contributed by atoms with Crippen LogP contribution in [0.3, 0.4) is 0 Å². The normalized spacial score (nSPS) is 10.8. The molecular formula is C20H21N3O2. The van der Waals surface area contributed by atoms with E-state index in [0.717, 1.165) is 19.3 Å². The number of unbranched alkanes of at least 4 members (excludes halogenated alkanes) is 1. The van der Waals surface area contributed by atoms with Gasteiger partial charge in [-0.3, -0.25) is 4.79 Å². The van der Waals surface area contributed by atoms with Gasteiger partial charge < -0.3 is 15.7 Å². The summed E-state index contributed by atoms with van der Waals surface area (Å²) in [6, 6.07) is 15.8. The van der Waals surface area contributed by atoms with Crippen molar-refractivity contribution in [3.8, 4) is 11.8 Å². The first-order valence-corrected chi connectivity index (χ1v) is 8.18. The Hall–Kier alpha value is -3.26. The van der Waals surface area contributed by atoms with Crippen molar-refractivity contribution in [2.45, 2.75) is 26.2 Å². The fourth-order valence-electron chi connectivity index (χ4n) is 2.20. The van der Waals surface area contributed by atoms with Crippen molar-refractivity contribution in [3.05, 3.63) is 65.9 Å². The molecule has 3 N–H and O–H groups in total. The molecule has 0 fully saturated rings. The molecule has 0 aliphatic rings. The van der Waals surface area contributed by atoms with Crippen LogP contribution in [0.1, 0.15) is 25.3 Å². The summed E-state index contributed by atoms with van der Waals surface area (Å²) in [4.78, 5) is 12.2. The summed E-state index contributed by atoms with van der Waals surface area (Å²) in [5.74, 6) is -0.328. The van der Waals surface area contributed by atoms with Gasteiger partial charge in [-0.1, -0.05) is 25.5 Å². The molecule has 0 bridgehead atoms. The number of carbonyl (C=O) groups is 1. The Labute approximate surface area is 147 Å². The van der Waals surface area contributed by atoms with Gasteiger partial charge >= 0.3 is 0 Å². The third kappa shape index (κ3) is 5.70. The van der Waals surface area contributed by atoms with E-state index in [9.17, 15) is 15.2 Å². The number of nitriles is 1. The first-order chi connectivity index (χ1) is 12.1. The van der Waals surface area contributed by atoms with Crippen LogP contribution >= 0.6 is 0 Å². The van der Waals surface area contributed by atoms with Crippen LogP contribution < -0.4 is 10.6 Å². The summed E-state index contributed by atoms with van der Waals surface area (Å²) >= 11 is 0. The van der Waals surface area contributed by atoms with Gasteiger partial charge in [0.2, 0.25) is 0 Å². The van der Waals surface area contributed by atoms with Crippen LogP contribution in [-0.4, -0.2) is 11.0 Å². The molecule has 25 heavy (non-hydrogen) atoms. The molecule has 2 rings (SSSR count). The van der Waals surface area contributed by atoms with Gasteiger partial charge in [-0.05, 0) is 54.8 Å². The summed E-state index contributed by atoms with van der Waals surface area (Å²) in [5.41, 5.74) is 2.50. The maximum absolute atomic E-state index is 12.2.